The number of allylic oxidation sites excluding steroid dienone is 1. The normalized spacial score (nSPS) is 34.1. The van der Waals surface area contributed by atoms with E-state index in [1.54, 1.807) is 9.80 Å². The molecule has 216 valence electrons. The topological polar surface area (TPSA) is 96.4 Å². The third-order valence-corrected chi connectivity index (χ3v) is 9.63. The first-order chi connectivity index (χ1) is 19.2. The lowest BCUT2D eigenvalue weighted by atomic mass is 9.73. The van der Waals surface area contributed by atoms with Crippen molar-refractivity contribution in [2.45, 2.75) is 83.6 Å². The molecule has 40 heavy (non-hydrogen) atoms. The summed E-state index contributed by atoms with van der Waals surface area (Å²) in [4.78, 5) is 46.5. The van der Waals surface area contributed by atoms with E-state index in [1.165, 1.54) is 0 Å². The maximum atomic E-state index is 14.8. The summed E-state index contributed by atoms with van der Waals surface area (Å²) < 4.78 is 12.7. The highest BCUT2D eigenvalue weighted by Gasteiger charge is 2.76. The van der Waals surface area contributed by atoms with Crippen LogP contribution in [-0.4, -0.2) is 70.8 Å². The molecule has 0 bridgehead atoms. The average Bonchev–Trinajstić information content (AvgIpc) is 3.32. The molecule has 1 unspecified atom stereocenters. The third kappa shape index (κ3) is 4.14. The van der Waals surface area contributed by atoms with E-state index in [1.807, 2.05) is 77.1 Å². The van der Waals surface area contributed by atoms with E-state index in [-0.39, 0.29) is 30.9 Å². The van der Waals surface area contributed by atoms with Crippen molar-refractivity contribution in [2.24, 2.45) is 17.8 Å². The standard InChI is InChI=1S/C32H42N2O6/c1-6-20(3)23(19-35)34-27-29(37)33(26-21(4)13-11-14-22(26)5)17-12-16-32(27)24(28(34)36)25-30(38)39-18-10-8-9-15-31(25,7-2)40-32/h9,11-16,20,23-25,27,35H,6-8,10,17-19H2,1-5H3/b15-9-/t20-,23-,24-,25-,27?,31+,32-/m0/s1. The fourth-order valence-corrected chi connectivity index (χ4v) is 7.42. The highest BCUT2D eigenvalue weighted by molar-refractivity contribution is 6.06. The van der Waals surface area contributed by atoms with Gasteiger partial charge in [0, 0.05) is 12.2 Å². The lowest BCUT2D eigenvalue weighted by Crippen LogP contribution is -2.60. The second-order valence-corrected chi connectivity index (χ2v) is 11.8. The van der Waals surface area contributed by atoms with Crippen molar-refractivity contribution in [3.63, 3.8) is 0 Å². The van der Waals surface area contributed by atoms with Crippen LogP contribution in [0.25, 0.3) is 0 Å². The Balaban J connectivity index is 1.73. The number of carbonyl (C=O) groups is 3. The number of anilines is 1. The lowest BCUT2D eigenvalue weighted by molar-refractivity contribution is -0.161. The SMILES string of the molecule is CC[C@H](C)[C@H](CO)N1C(=O)[C@@H]2[C@H]3C(=O)OCCC/C=C\[C@@]3(CC)O[C@@]23C=CCN(c2c(C)cccc2C)C(=O)C13. The summed E-state index contributed by atoms with van der Waals surface area (Å²) in [5.74, 6) is -3.02. The summed E-state index contributed by atoms with van der Waals surface area (Å²) in [5.41, 5.74) is 0.235. The van der Waals surface area contributed by atoms with E-state index in [2.05, 4.69) is 0 Å². The number of rotatable bonds is 6. The van der Waals surface area contributed by atoms with Gasteiger partial charge in [-0.15, -0.1) is 0 Å². The molecular weight excluding hydrogens is 508 g/mol. The van der Waals surface area contributed by atoms with Crippen LogP contribution in [0.5, 0.6) is 0 Å². The number of amides is 2. The number of ether oxygens (including phenoxy) is 2. The molecule has 1 aromatic carbocycles. The monoisotopic (exact) mass is 550 g/mol. The van der Waals surface area contributed by atoms with E-state index in [9.17, 15) is 19.5 Å². The molecule has 1 spiro atoms. The number of aliphatic hydroxyl groups excluding tert-OH is 1. The van der Waals surface area contributed by atoms with E-state index in [0.29, 0.717) is 25.8 Å². The van der Waals surface area contributed by atoms with Gasteiger partial charge < -0.3 is 24.4 Å². The molecule has 2 amide bonds. The maximum absolute atomic E-state index is 14.8. The number of likely N-dealkylation sites (tertiary alicyclic amines) is 1. The highest BCUT2D eigenvalue weighted by atomic mass is 16.6. The molecule has 4 heterocycles. The smallest absolute Gasteiger partial charge is 0.313 e. The van der Waals surface area contributed by atoms with Crippen LogP contribution in [-0.2, 0) is 23.9 Å². The van der Waals surface area contributed by atoms with Gasteiger partial charge in [0.2, 0.25) is 5.91 Å². The second-order valence-electron chi connectivity index (χ2n) is 11.8. The molecule has 0 radical (unpaired) electrons. The van der Waals surface area contributed by atoms with Crippen LogP contribution in [0.2, 0.25) is 0 Å². The Kier molecular flexibility index (Phi) is 7.70. The molecule has 1 N–H and O–H groups in total. The number of para-hydroxylation sites is 1. The highest BCUT2D eigenvalue weighted by Crippen LogP contribution is 2.59. The van der Waals surface area contributed by atoms with Gasteiger partial charge in [-0.3, -0.25) is 14.4 Å². The number of hydrogen-bond donors (Lipinski definition) is 1. The molecule has 2 fully saturated rings. The van der Waals surface area contributed by atoms with Crippen molar-refractivity contribution in [2.75, 3.05) is 24.7 Å². The minimum atomic E-state index is -1.39. The number of cyclic esters (lactones) is 1. The molecule has 1 aromatic rings. The fourth-order valence-electron chi connectivity index (χ4n) is 7.42. The molecule has 0 aliphatic carbocycles. The fraction of sp³-hybridized carbons (Fsp3) is 0.594. The first-order valence-corrected chi connectivity index (χ1v) is 14.7. The first kappa shape index (κ1) is 28.6. The Morgan fingerprint density at radius 2 is 1.77 bits per heavy atom. The molecule has 2 saturated heterocycles. The van der Waals surface area contributed by atoms with Gasteiger partial charge in [0.15, 0.2) is 0 Å². The molecule has 0 saturated carbocycles. The van der Waals surface area contributed by atoms with E-state index < -0.39 is 41.1 Å². The third-order valence-electron chi connectivity index (χ3n) is 9.63. The van der Waals surface area contributed by atoms with Gasteiger partial charge >= 0.3 is 5.97 Å². The van der Waals surface area contributed by atoms with Crippen LogP contribution < -0.4 is 4.90 Å². The van der Waals surface area contributed by atoms with Gasteiger partial charge in [0.1, 0.15) is 23.2 Å². The van der Waals surface area contributed by atoms with Crippen molar-refractivity contribution < 1.29 is 29.0 Å². The zero-order chi connectivity index (χ0) is 28.8. The van der Waals surface area contributed by atoms with Crippen LogP contribution in [0.4, 0.5) is 5.69 Å². The molecular formula is C32H42N2O6. The number of aliphatic hydroxyl groups is 1. The lowest BCUT2D eigenvalue weighted by Gasteiger charge is -2.42. The first-order valence-electron chi connectivity index (χ1n) is 14.7. The molecule has 0 aromatic heterocycles. The maximum Gasteiger partial charge on any atom is 0.313 e. The quantitative estimate of drug-likeness (QED) is 0.427. The Hall–Kier alpha value is -2.97. The van der Waals surface area contributed by atoms with Crippen LogP contribution in [0.3, 0.4) is 0 Å². The molecule has 4 aliphatic rings. The van der Waals surface area contributed by atoms with Gasteiger partial charge in [0.25, 0.3) is 5.91 Å². The molecule has 7 atom stereocenters. The van der Waals surface area contributed by atoms with Crippen LogP contribution in [0.15, 0.2) is 42.5 Å². The summed E-state index contributed by atoms with van der Waals surface area (Å²) in [5, 5.41) is 10.6. The Morgan fingerprint density at radius 1 is 1.05 bits per heavy atom. The Labute approximate surface area is 237 Å². The van der Waals surface area contributed by atoms with Gasteiger partial charge in [-0.05, 0) is 50.2 Å². The number of hydrogen-bond acceptors (Lipinski definition) is 6. The predicted molar refractivity (Wildman–Crippen MR) is 152 cm³/mol. The van der Waals surface area contributed by atoms with Crippen LogP contribution in [0.1, 0.15) is 57.6 Å². The molecule has 4 aliphatic heterocycles. The van der Waals surface area contributed by atoms with Gasteiger partial charge in [0.05, 0.1) is 25.2 Å². The van der Waals surface area contributed by atoms with Gasteiger partial charge in [-0.2, -0.15) is 0 Å². The second kappa shape index (κ2) is 10.8. The van der Waals surface area contributed by atoms with Gasteiger partial charge in [-0.25, -0.2) is 0 Å². The predicted octanol–water partition coefficient (Wildman–Crippen LogP) is 3.87. The zero-order valence-corrected chi connectivity index (χ0v) is 24.3. The minimum absolute atomic E-state index is 0.0816. The Bertz CT molecular complexity index is 1220. The number of esters is 1. The summed E-state index contributed by atoms with van der Waals surface area (Å²) in [6.07, 6.45) is 10.3. The molecule has 5 rings (SSSR count). The zero-order valence-electron chi connectivity index (χ0n) is 24.3. The van der Waals surface area contributed by atoms with Gasteiger partial charge in [-0.1, -0.05) is 69.7 Å². The number of carbonyl (C=O) groups excluding carboxylic acids is 3. The van der Waals surface area contributed by atoms with Crippen molar-refractivity contribution in [1.82, 2.24) is 4.90 Å². The number of nitrogens with zero attached hydrogens (tertiary/aromatic N) is 2. The van der Waals surface area contributed by atoms with Crippen LogP contribution in [0, 0.1) is 31.6 Å². The van der Waals surface area contributed by atoms with E-state index >= 15 is 0 Å². The summed E-state index contributed by atoms with van der Waals surface area (Å²) in [6.45, 7) is 10.1. The van der Waals surface area contributed by atoms with Crippen molar-refractivity contribution in [1.29, 1.82) is 0 Å². The minimum Gasteiger partial charge on any atom is -0.465 e. The number of benzene rings is 1. The van der Waals surface area contributed by atoms with E-state index in [0.717, 1.165) is 23.2 Å². The largest absolute Gasteiger partial charge is 0.465 e. The van der Waals surface area contributed by atoms with Crippen molar-refractivity contribution in [3.05, 3.63) is 53.6 Å². The molecule has 8 heteroatoms. The Morgan fingerprint density at radius 3 is 2.42 bits per heavy atom. The van der Waals surface area contributed by atoms with Crippen molar-refractivity contribution >= 4 is 23.5 Å². The summed E-state index contributed by atoms with van der Waals surface area (Å²) in [7, 11) is 0. The summed E-state index contributed by atoms with van der Waals surface area (Å²) >= 11 is 0. The number of aryl methyl sites for hydroxylation is 2. The van der Waals surface area contributed by atoms with Crippen molar-refractivity contribution in [3.8, 4) is 0 Å². The van der Waals surface area contributed by atoms with Crippen LogP contribution >= 0.6 is 0 Å². The average molecular weight is 551 g/mol. The van der Waals surface area contributed by atoms with E-state index in [4.69, 9.17) is 9.47 Å². The molecule has 8 nitrogen and oxygen atoms in total. The summed E-state index contributed by atoms with van der Waals surface area (Å²) in [6, 6.07) is 4.25. The number of fused-ring (bicyclic) bond motifs is 2.